The minimum atomic E-state index is 0.0109. The van der Waals surface area contributed by atoms with Gasteiger partial charge >= 0.3 is 0 Å². The summed E-state index contributed by atoms with van der Waals surface area (Å²) >= 11 is 0. The number of H-pyrrole nitrogens is 1. The summed E-state index contributed by atoms with van der Waals surface area (Å²) in [7, 11) is 0. The van der Waals surface area contributed by atoms with Gasteiger partial charge in [0.15, 0.2) is 5.82 Å². The summed E-state index contributed by atoms with van der Waals surface area (Å²) in [6.45, 7) is 0. The van der Waals surface area contributed by atoms with E-state index in [1.54, 1.807) is 18.2 Å². The quantitative estimate of drug-likeness (QED) is 0.715. The number of carbonyl (C=O) groups excluding carboxylic acids is 1. The molecule has 2 aromatic rings. The Labute approximate surface area is 91.5 Å². The average molecular weight is 217 g/mol. The molecule has 1 aliphatic carbocycles. The molecule has 1 fully saturated rings. The zero-order valence-corrected chi connectivity index (χ0v) is 8.53. The first-order valence-corrected chi connectivity index (χ1v) is 5.22. The highest BCUT2D eigenvalue weighted by Crippen LogP contribution is 2.31. The van der Waals surface area contributed by atoms with Crippen LogP contribution in [0.15, 0.2) is 18.2 Å². The largest absolute Gasteiger partial charge is 0.508 e. The Kier molecular flexibility index (Phi) is 1.86. The number of aromatic nitrogens is 2. The number of nitrogens with zero attached hydrogens (tertiary/aromatic N) is 1. The van der Waals surface area contributed by atoms with Crippen LogP contribution in [-0.4, -0.2) is 21.2 Å². The SMILES string of the molecule is O=C(Nc1n[nH]c2ccc(O)cc12)C1CC1. The lowest BCUT2D eigenvalue weighted by Crippen LogP contribution is -2.13. The minimum Gasteiger partial charge on any atom is -0.508 e. The number of carbonyl (C=O) groups is 1. The highest BCUT2D eigenvalue weighted by molar-refractivity contribution is 6.01. The lowest BCUT2D eigenvalue weighted by Gasteiger charge is -2.00. The molecule has 5 nitrogen and oxygen atoms in total. The Balaban J connectivity index is 1.96. The molecule has 1 saturated carbocycles. The molecule has 82 valence electrons. The van der Waals surface area contributed by atoms with E-state index in [0.717, 1.165) is 23.7 Å². The van der Waals surface area contributed by atoms with E-state index in [1.807, 2.05) is 0 Å². The van der Waals surface area contributed by atoms with E-state index in [1.165, 1.54) is 0 Å². The summed E-state index contributed by atoms with van der Waals surface area (Å²) in [5.74, 6) is 0.805. The highest BCUT2D eigenvalue weighted by atomic mass is 16.3. The predicted octanol–water partition coefficient (Wildman–Crippen LogP) is 1.62. The molecular weight excluding hydrogens is 206 g/mol. The maximum absolute atomic E-state index is 11.6. The first kappa shape index (κ1) is 9.21. The normalized spacial score (nSPS) is 15.2. The topological polar surface area (TPSA) is 78.0 Å². The Hall–Kier alpha value is -2.04. The fraction of sp³-hybridized carbons (Fsp3) is 0.273. The maximum Gasteiger partial charge on any atom is 0.228 e. The van der Waals surface area contributed by atoms with Crippen LogP contribution in [-0.2, 0) is 4.79 Å². The third kappa shape index (κ3) is 1.50. The van der Waals surface area contributed by atoms with Gasteiger partial charge in [0.25, 0.3) is 0 Å². The van der Waals surface area contributed by atoms with Crippen LogP contribution in [0.5, 0.6) is 5.75 Å². The molecular formula is C11H11N3O2. The van der Waals surface area contributed by atoms with Gasteiger partial charge in [0.1, 0.15) is 5.75 Å². The van der Waals surface area contributed by atoms with Gasteiger partial charge in [-0.15, -0.1) is 0 Å². The zero-order valence-electron chi connectivity index (χ0n) is 8.53. The average Bonchev–Trinajstić information content (AvgIpc) is 3.04. The van der Waals surface area contributed by atoms with Crippen LogP contribution >= 0.6 is 0 Å². The van der Waals surface area contributed by atoms with Crippen molar-refractivity contribution in [3.63, 3.8) is 0 Å². The first-order valence-electron chi connectivity index (χ1n) is 5.22. The number of aromatic amines is 1. The van der Waals surface area contributed by atoms with Crippen molar-refractivity contribution in [1.29, 1.82) is 0 Å². The van der Waals surface area contributed by atoms with Crippen molar-refractivity contribution in [2.75, 3.05) is 5.32 Å². The van der Waals surface area contributed by atoms with Crippen LogP contribution in [0.1, 0.15) is 12.8 Å². The molecule has 0 spiro atoms. The summed E-state index contributed by atoms with van der Waals surface area (Å²) in [5, 5.41) is 19.7. The summed E-state index contributed by atoms with van der Waals surface area (Å²) in [6.07, 6.45) is 1.92. The number of hydrogen-bond donors (Lipinski definition) is 3. The summed E-state index contributed by atoms with van der Waals surface area (Å²) in [4.78, 5) is 11.6. The van der Waals surface area contributed by atoms with Crippen LogP contribution in [0.2, 0.25) is 0 Å². The number of nitrogens with one attached hydrogen (secondary N) is 2. The van der Waals surface area contributed by atoms with E-state index in [-0.39, 0.29) is 17.6 Å². The first-order chi connectivity index (χ1) is 7.74. The van der Waals surface area contributed by atoms with E-state index in [4.69, 9.17) is 0 Å². The molecule has 3 rings (SSSR count). The second-order valence-electron chi connectivity index (χ2n) is 4.07. The summed E-state index contributed by atoms with van der Waals surface area (Å²) in [5.41, 5.74) is 0.795. The third-order valence-electron chi connectivity index (χ3n) is 2.74. The molecule has 5 heteroatoms. The van der Waals surface area contributed by atoms with Crippen molar-refractivity contribution in [3.05, 3.63) is 18.2 Å². The van der Waals surface area contributed by atoms with Crippen LogP contribution in [0, 0.1) is 5.92 Å². The molecule has 0 bridgehead atoms. The monoisotopic (exact) mass is 217 g/mol. The number of anilines is 1. The van der Waals surface area contributed by atoms with Gasteiger partial charge in [-0.25, -0.2) is 0 Å². The number of rotatable bonds is 2. The number of aromatic hydroxyl groups is 1. The van der Waals surface area contributed by atoms with E-state index >= 15 is 0 Å². The molecule has 3 N–H and O–H groups in total. The molecule has 1 aromatic heterocycles. The van der Waals surface area contributed by atoms with E-state index in [2.05, 4.69) is 15.5 Å². The Morgan fingerprint density at radius 1 is 1.50 bits per heavy atom. The molecule has 0 atom stereocenters. The van der Waals surface area contributed by atoms with Crippen molar-refractivity contribution >= 4 is 22.6 Å². The van der Waals surface area contributed by atoms with Gasteiger partial charge in [-0.05, 0) is 31.0 Å². The smallest absolute Gasteiger partial charge is 0.228 e. The standard InChI is InChI=1S/C11H11N3O2/c15-7-3-4-9-8(5-7)10(14-13-9)12-11(16)6-1-2-6/h3-6,15H,1-2H2,(H2,12,13,14,16). The van der Waals surface area contributed by atoms with Crippen molar-refractivity contribution in [3.8, 4) is 5.75 Å². The second-order valence-corrected chi connectivity index (χ2v) is 4.07. The van der Waals surface area contributed by atoms with Crippen molar-refractivity contribution in [2.24, 2.45) is 5.92 Å². The maximum atomic E-state index is 11.6. The Morgan fingerprint density at radius 3 is 3.06 bits per heavy atom. The number of hydrogen-bond acceptors (Lipinski definition) is 3. The molecule has 1 amide bonds. The van der Waals surface area contributed by atoms with Crippen molar-refractivity contribution in [2.45, 2.75) is 12.8 Å². The molecule has 0 saturated heterocycles. The van der Waals surface area contributed by atoms with Crippen LogP contribution in [0.4, 0.5) is 5.82 Å². The molecule has 1 aromatic carbocycles. The number of fused-ring (bicyclic) bond motifs is 1. The Bertz CT molecular complexity index is 557. The van der Waals surface area contributed by atoms with Gasteiger partial charge in [0, 0.05) is 11.3 Å². The number of phenolic OH excluding ortho intramolecular Hbond substituents is 1. The number of amides is 1. The van der Waals surface area contributed by atoms with Crippen molar-refractivity contribution < 1.29 is 9.90 Å². The van der Waals surface area contributed by atoms with E-state index < -0.39 is 0 Å². The van der Waals surface area contributed by atoms with Crippen LogP contribution < -0.4 is 5.32 Å². The number of phenols is 1. The van der Waals surface area contributed by atoms with E-state index in [0.29, 0.717) is 5.82 Å². The van der Waals surface area contributed by atoms with Gasteiger partial charge in [0.05, 0.1) is 5.52 Å². The van der Waals surface area contributed by atoms with Crippen LogP contribution in [0.3, 0.4) is 0 Å². The minimum absolute atomic E-state index is 0.0109. The molecule has 1 heterocycles. The highest BCUT2D eigenvalue weighted by Gasteiger charge is 2.30. The van der Waals surface area contributed by atoms with E-state index in [9.17, 15) is 9.90 Å². The third-order valence-corrected chi connectivity index (χ3v) is 2.74. The molecule has 0 unspecified atom stereocenters. The molecule has 16 heavy (non-hydrogen) atoms. The summed E-state index contributed by atoms with van der Waals surface area (Å²) < 4.78 is 0. The van der Waals surface area contributed by atoms with Gasteiger partial charge < -0.3 is 10.4 Å². The second kappa shape index (κ2) is 3.23. The van der Waals surface area contributed by atoms with Gasteiger partial charge in [-0.1, -0.05) is 0 Å². The summed E-state index contributed by atoms with van der Waals surface area (Å²) in [6, 6.07) is 4.89. The number of benzene rings is 1. The van der Waals surface area contributed by atoms with Crippen molar-refractivity contribution in [1.82, 2.24) is 10.2 Å². The fourth-order valence-corrected chi connectivity index (χ4v) is 1.66. The molecule has 1 aliphatic rings. The fourth-order valence-electron chi connectivity index (χ4n) is 1.66. The Morgan fingerprint density at radius 2 is 2.31 bits per heavy atom. The lowest BCUT2D eigenvalue weighted by atomic mass is 10.2. The molecule has 0 radical (unpaired) electrons. The van der Waals surface area contributed by atoms with Gasteiger partial charge in [0.2, 0.25) is 5.91 Å². The lowest BCUT2D eigenvalue weighted by molar-refractivity contribution is -0.117. The predicted molar refractivity (Wildman–Crippen MR) is 59.1 cm³/mol. The van der Waals surface area contributed by atoms with Crippen LogP contribution in [0.25, 0.3) is 10.9 Å². The molecule has 0 aliphatic heterocycles. The van der Waals surface area contributed by atoms with Gasteiger partial charge in [-0.2, -0.15) is 5.10 Å². The zero-order chi connectivity index (χ0) is 11.1. The van der Waals surface area contributed by atoms with Gasteiger partial charge in [-0.3, -0.25) is 9.89 Å².